The third-order valence-electron chi connectivity index (χ3n) is 3.75. The first kappa shape index (κ1) is 21.1. The molecule has 2 N–H and O–H groups in total. The Morgan fingerprint density at radius 2 is 1.30 bits per heavy atom. The van der Waals surface area contributed by atoms with Crippen molar-refractivity contribution in [2.45, 2.75) is 58.3 Å². The van der Waals surface area contributed by atoms with Crippen molar-refractivity contribution in [3.8, 4) is 0 Å². The first-order valence-electron chi connectivity index (χ1n) is 9.12. The number of ether oxygens (including phenoxy) is 3. The van der Waals surface area contributed by atoms with Gasteiger partial charge in [-0.2, -0.15) is 0 Å². The van der Waals surface area contributed by atoms with Crippen molar-refractivity contribution in [1.29, 1.82) is 0 Å². The van der Waals surface area contributed by atoms with Crippen LogP contribution < -0.4 is 5.73 Å². The molecule has 0 saturated heterocycles. The fourth-order valence-corrected chi connectivity index (χ4v) is 2.41. The minimum absolute atomic E-state index is 0.108. The Labute approximate surface area is 161 Å². The molecule has 2 aromatic carbocycles. The predicted octanol–water partition coefficient (Wildman–Crippen LogP) is 4.15. The van der Waals surface area contributed by atoms with Crippen LogP contribution in [-0.2, 0) is 32.2 Å². The van der Waals surface area contributed by atoms with E-state index in [4.69, 9.17) is 19.9 Å². The zero-order valence-electron chi connectivity index (χ0n) is 16.3. The van der Waals surface area contributed by atoms with Gasteiger partial charge >= 0.3 is 5.97 Å². The number of esters is 1. The molecule has 0 radical (unpaired) electrons. The van der Waals surface area contributed by atoms with Gasteiger partial charge in [0.05, 0.1) is 19.6 Å². The van der Waals surface area contributed by atoms with Crippen LogP contribution in [0.4, 0.5) is 0 Å². The molecule has 2 aromatic rings. The van der Waals surface area contributed by atoms with Gasteiger partial charge in [-0.1, -0.05) is 60.7 Å². The molecule has 0 fully saturated rings. The normalized spacial score (nSPS) is 12.0. The van der Waals surface area contributed by atoms with E-state index in [1.54, 1.807) is 0 Å². The van der Waals surface area contributed by atoms with Crippen LogP contribution in [0.5, 0.6) is 0 Å². The van der Waals surface area contributed by atoms with E-state index < -0.39 is 11.5 Å². The zero-order chi connectivity index (χ0) is 19.8. The molecule has 0 aromatic heterocycles. The summed E-state index contributed by atoms with van der Waals surface area (Å²) in [5, 5.41) is 0. The smallest absolute Gasteiger partial charge is 0.306 e. The Hall–Kier alpha value is -2.21. The van der Waals surface area contributed by atoms with Gasteiger partial charge < -0.3 is 14.2 Å². The van der Waals surface area contributed by atoms with Gasteiger partial charge in [-0.05, 0) is 31.9 Å². The van der Waals surface area contributed by atoms with E-state index in [1.807, 2.05) is 81.4 Å². The molecule has 0 saturated carbocycles. The third kappa shape index (κ3) is 8.35. The van der Waals surface area contributed by atoms with Crippen LogP contribution in [0, 0.1) is 0 Å². The van der Waals surface area contributed by atoms with Gasteiger partial charge in [0, 0.05) is 6.42 Å². The summed E-state index contributed by atoms with van der Waals surface area (Å²) in [6.45, 7) is 6.08. The summed E-state index contributed by atoms with van der Waals surface area (Å²) in [5.74, 6) is -1.72. The highest BCUT2D eigenvalue weighted by Gasteiger charge is 2.29. The molecule has 0 aliphatic carbocycles. The lowest BCUT2D eigenvalue weighted by atomic mass is 10.2. The van der Waals surface area contributed by atoms with Crippen LogP contribution in [0.15, 0.2) is 60.7 Å². The summed E-state index contributed by atoms with van der Waals surface area (Å²) in [6, 6.07) is 19.4. The highest BCUT2D eigenvalue weighted by atomic mass is 16.7. The molecule has 0 heterocycles. The van der Waals surface area contributed by atoms with Crippen LogP contribution in [0.1, 0.15) is 44.7 Å². The highest BCUT2D eigenvalue weighted by Crippen LogP contribution is 2.20. The Morgan fingerprint density at radius 1 is 0.852 bits per heavy atom. The van der Waals surface area contributed by atoms with Gasteiger partial charge in [-0.15, -0.1) is 0 Å². The van der Waals surface area contributed by atoms with E-state index in [9.17, 15) is 4.79 Å². The maximum atomic E-state index is 12.1. The van der Waals surface area contributed by atoms with Crippen molar-refractivity contribution in [1.82, 2.24) is 0 Å². The van der Waals surface area contributed by atoms with Gasteiger partial charge in [-0.3, -0.25) is 10.5 Å². The van der Waals surface area contributed by atoms with E-state index in [0.29, 0.717) is 13.2 Å². The molecule has 0 bridgehead atoms. The second-order valence-electron chi connectivity index (χ2n) is 7.45. The van der Waals surface area contributed by atoms with Crippen LogP contribution >= 0.6 is 0 Å². The van der Waals surface area contributed by atoms with Gasteiger partial charge in [0.15, 0.2) is 0 Å². The van der Waals surface area contributed by atoms with Gasteiger partial charge in [0.2, 0.25) is 5.91 Å². The lowest BCUT2D eigenvalue weighted by Crippen LogP contribution is -2.46. The molecule has 0 unspecified atom stereocenters. The van der Waals surface area contributed by atoms with Crippen molar-refractivity contribution >= 4 is 5.97 Å². The molecule has 5 heteroatoms. The fourth-order valence-electron chi connectivity index (χ4n) is 2.41. The van der Waals surface area contributed by atoms with Gasteiger partial charge in [0.25, 0.3) is 0 Å². The van der Waals surface area contributed by atoms with E-state index >= 15 is 0 Å². The largest absolute Gasteiger partial charge is 0.460 e. The monoisotopic (exact) mass is 371 g/mol. The molecule has 0 spiro atoms. The summed E-state index contributed by atoms with van der Waals surface area (Å²) in [7, 11) is 0. The molecule has 0 aliphatic rings. The minimum Gasteiger partial charge on any atom is -0.460 e. The maximum Gasteiger partial charge on any atom is 0.306 e. The first-order chi connectivity index (χ1) is 12.8. The highest BCUT2D eigenvalue weighted by molar-refractivity contribution is 5.69. The number of hydrogen-bond acceptors (Lipinski definition) is 5. The zero-order valence-corrected chi connectivity index (χ0v) is 16.3. The van der Waals surface area contributed by atoms with Crippen LogP contribution in [0.2, 0.25) is 0 Å². The SMILES string of the molecule is CC(C)(C)OC(=O)CCC(N)(OCc1ccccc1)OCc1ccccc1. The lowest BCUT2D eigenvalue weighted by molar-refractivity contribution is -0.252. The lowest BCUT2D eigenvalue weighted by Gasteiger charge is -2.30. The molecule has 0 aliphatic heterocycles. The number of nitrogens with two attached hydrogens (primary N) is 1. The van der Waals surface area contributed by atoms with E-state index in [0.717, 1.165) is 11.1 Å². The average Bonchev–Trinajstić information content (AvgIpc) is 2.64. The van der Waals surface area contributed by atoms with Crippen LogP contribution in [0.25, 0.3) is 0 Å². The molecule has 146 valence electrons. The van der Waals surface area contributed by atoms with Crippen LogP contribution in [0.3, 0.4) is 0 Å². The topological polar surface area (TPSA) is 70.8 Å². The summed E-state index contributed by atoms with van der Waals surface area (Å²) in [6.07, 6.45) is 0.304. The number of benzene rings is 2. The predicted molar refractivity (Wildman–Crippen MR) is 104 cm³/mol. The summed E-state index contributed by atoms with van der Waals surface area (Å²) in [5.41, 5.74) is 7.78. The Bertz CT molecular complexity index is 652. The van der Waals surface area contributed by atoms with E-state index in [2.05, 4.69) is 0 Å². The molecule has 2 rings (SSSR count). The Balaban J connectivity index is 1.98. The molecule has 27 heavy (non-hydrogen) atoms. The third-order valence-corrected chi connectivity index (χ3v) is 3.75. The van der Waals surface area contributed by atoms with Crippen LogP contribution in [-0.4, -0.2) is 17.5 Å². The standard InChI is InChI=1S/C22H29NO4/c1-21(2,3)27-20(24)14-15-22(23,25-16-18-10-6-4-7-11-18)26-17-19-12-8-5-9-13-19/h4-13H,14-17,23H2,1-3H3. The van der Waals surface area contributed by atoms with Crippen molar-refractivity contribution in [2.75, 3.05) is 0 Å². The molecule has 0 atom stereocenters. The Kier molecular flexibility index (Phi) is 7.54. The number of rotatable bonds is 9. The molecule has 0 amide bonds. The van der Waals surface area contributed by atoms with Crippen molar-refractivity contribution in [3.05, 3.63) is 71.8 Å². The number of carbonyl (C=O) groups excluding carboxylic acids is 1. The second-order valence-corrected chi connectivity index (χ2v) is 7.45. The molecule has 5 nitrogen and oxygen atoms in total. The molecular weight excluding hydrogens is 342 g/mol. The van der Waals surface area contributed by atoms with Crippen molar-refractivity contribution in [3.63, 3.8) is 0 Å². The second kappa shape index (κ2) is 9.65. The maximum absolute atomic E-state index is 12.1. The number of hydrogen-bond donors (Lipinski definition) is 1. The van der Waals surface area contributed by atoms with Gasteiger partial charge in [0.1, 0.15) is 5.60 Å². The summed E-state index contributed by atoms with van der Waals surface area (Å²) >= 11 is 0. The van der Waals surface area contributed by atoms with Crippen molar-refractivity contribution < 1.29 is 19.0 Å². The number of carbonyl (C=O) groups is 1. The fraction of sp³-hybridized carbons (Fsp3) is 0.409. The summed E-state index contributed by atoms with van der Waals surface area (Å²) < 4.78 is 17.1. The molecular formula is C22H29NO4. The quantitative estimate of drug-likeness (QED) is 0.529. The van der Waals surface area contributed by atoms with E-state index in [1.165, 1.54) is 0 Å². The van der Waals surface area contributed by atoms with Gasteiger partial charge in [-0.25, -0.2) is 0 Å². The van der Waals surface area contributed by atoms with E-state index in [-0.39, 0.29) is 18.8 Å². The minimum atomic E-state index is -1.39. The van der Waals surface area contributed by atoms with Crippen molar-refractivity contribution in [2.24, 2.45) is 5.73 Å². The first-order valence-corrected chi connectivity index (χ1v) is 9.12. The Morgan fingerprint density at radius 3 is 1.70 bits per heavy atom. The average molecular weight is 371 g/mol. The summed E-state index contributed by atoms with van der Waals surface area (Å²) in [4.78, 5) is 12.1.